The second-order valence-corrected chi connectivity index (χ2v) is 11.4. The minimum absolute atomic E-state index is 0.0331. The van der Waals surface area contributed by atoms with Crippen molar-refractivity contribution in [3.63, 3.8) is 0 Å². The zero-order valence-corrected chi connectivity index (χ0v) is 20.0. The van der Waals surface area contributed by atoms with E-state index < -0.39 is 6.17 Å². The molecule has 5 rings (SSSR count). The van der Waals surface area contributed by atoms with Gasteiger partial charge in [0.05, 0.1) is 5.56 Å². The van der Waals surface area contributed by atoms with E-state index in [9.17, 15) is 4.79 Å². The van der Waals surface area contributed by atoms with Crippen LogP contribution in [0.5, 0.6) is 0 Å². The maximum absolute atomic E-state index is 13.0. The number of anilines is 1. The molecule has 4 nitrogen and oxygen atoms in total. The van der Waals surface area contributed by atoms with Crippen LogP contribution in [-0.2, 0) is 12.8 Å². The third kappa shape index (κ3) is 3.88. The summed E-state index contributed by atoms with van der Waals surface area (Å²) >= 11 is 14.0. The molecule has 1 aliphatic heterocycles. The van der Waals surface area contributed by atoms with Crippen molar-refractivity contribution >= 4 is 45.4 Å². The molecule has 0 bridgehead atoms. The lowest BCUT2D eigenvalue weighted by atomic mass is 9.72. The Morgan fingerprint density at radius 3 is 2.55 bits per heavy atom. The Kier molecular flexibility index (Phi) is 5.11. The molecule has 2 N–H and O–H groups in total. The smallest absolute Gasteiger partial charge is 0.256 e. The summed E-state index contributed by atoms with van der Waals surface area (Å²) in [5.41, 5.74) is 3.11. The number of rotatable bonds is 2. The van der Waals surface area contributed by atoms with Crippen LogP contribution in [0.15, 0.2) is 34.7 Å². The fourth-order valence-electron chi connectivity index (χ4n) is 4.54. The molecule has 1 amide bonds. The molecular weight excluding hydrogens is 451 g/mol. The highest BCUT2D eigenvalue weighted by molar-refractivity contribution is 7.16. The van der Waals surface area contributed by atoms with E-state index >= 15 is 0 Å². The Balaban J connectivity index is 1.42. The number of fused-ring (bicyclic) bond motifs is 3. The van der Waals surface area contributed by atoms with Gasteiger partial charge in [0.2, 0.25) is 0 Å². The van der Waals surface area contributed by atoms with Crippen molar-refractivity contribution in [2.75, 3.05) is 5.32 Å². The Hall–Kier alpha value is -1.95. The van der Waals surface area contributed by atoms with E-state index in [4.69, 9.17) is 27.6 Å². The number of benzene rings is 1. The lowest BCUT2D eigenvalue weighted by Gasteiger charge is -2.34. The molecule has 2 aromatic heterocycles. The second-order valence-electron chi connectivity index (χ2n) is 9.42. The fraction of sp³-hybridized carbons (Fsp3) is 0.375. The fourth-order valence-corrected chi connectivity index (χ4v) is 6.42. The Bertz CT molecular complexity index is 1150. The first kappa shape index (κ1) is 20.9. The van der Waals surface area contributed by atoms with Crippen molar-refractivity contribution in [3.8, 4) is 11.3 Å². The summed E-state index contributed by atoms with van der Waals surface area (Å²) in [5.74, 6) is 1.90. The Morgan fingerprint density at radius 2 is 1.84 bits per heavy atom. The number of hydrogen-bond donors (Lipinski definition) is 2. The van der Waals surface area contributed by atoms with E-state index in [-0.39, 0.29) is 11.3 Å². The van der Waals surface area contributed by atoms with Gasteiger partial charge in [-0.3, -0.25) is 4.79 Å². The average molecular weight is 475 g/mol. The van der Waals surface area contributed by atoms with Crippen LogP contribution in [0, 0.1) is 11.3 Å². The normalized spacial score (nSPS) is 20.6. The van der Waals surface area contributed by atoms with Crippen LogP contribution in [0.1, 0.15) is 59.9 Å². The van der Waals surface area contributed by atoms with Crippen LogP contribution >= 0.6 is 34.5 Å². The molecule has 0 saturated carbocycles. The van der Waals surface area contributed by atoms with Gasteiger partial charge in [-0.05, 0) is 66.5 Å². The molecule has 1 aromatic carbocycles. The van der Waals surface area contributed by atoms with Crippen LogP contribution in [0.4, 0.5) is 5.00 Å². The monoisotopic (exact) mass is 474 g/mol. The molecule has 1 aliphatic carbocycles. The van der Waals surface area contributed by atoms with Crippen LogP contribution in [0.2, 0.25) is 10.0 Å². The van der Waals surface area contributed by atoms with Crippen molar-refractivity contribution < 1.29 is 9.21 Å². The summed E-state index contributed by atoms with van der Waals surface area (Å²) in [5, 5.41) is 8.59. The number of halogens is 2. The van der Waals surface area contributed by atoms with Crippen LogP contribution in [0.25, 0.3) is 11.3 Å². The SMILES string of the molecule is CC(C)(C)[C@H]1CCc2c(sc3c2C(=O)N[C@@H](c2ccc(-c4cc(Cl)cc(Cl)c4)o2)N3)C1. The predicted octanol–water partition coefficient (Wildman–Crippen LogP) is 7.32. The quantitative estimate of drug-likeness (QED) is 0.408. The third-order valence-electron chi connectivity index (χ3n) is 6.33. The van der Waals surface area contributed by atoms with Crippen LogP contribution < -0.4 is 10.6 Å². The van der Waals surface area contributed by atoms with Crippen molar-refractivity contribution in [2.24, 2.45) is 11.3 Å². The molecule has 3 aromatic rings. The van der Waals surface area contributed by atoms with E-state index in [1.807, 2.05) is 12.1 Å². The largest absolute Gasteiger partial charge is 0.457 e. The summed E-state index contributed by atoms with van der Waals surface area (Å²) < 4.78 is 6.06. The molecule has 162 valence electrons. The first-order chi connectivity index (χ1) is 14.7. The molecular formula is C24H24Cl2N2O2S. The average Bonchev–Trinajstić information content (AvgIpc) is 3.31. The lowest BCUT2D eigenvalue weighted by molar-refractivity contribution is 0.0930. The first-order valence-corrected chi connectivity index (χ1v) is 12.0. The van der Waals surface area contributed by atoms with E-state index in [2.05, 4.69) is 31.4 Å². The van der Waals surface area contributed by atoms with E-state index in [1.165, 1.54) is 10.4 Å². The van der Waals surface area contributed by atoms with Crippen molar-refractivity contribution in [3.05, 3.63) is 62.1 Å². The Morgan fingerprint density at radius 1 is 1.10 bits per heavy atom. The van der Waals surface area contributed by atoms with Gasteiger partial charge < -0.3 is 15.1 Å². The highest BCUT2D eigenvalue weighted by atomic mass is 35.5. The zero-order valence-electron chi connectivity index (χ0n) is 17.6. The molecule has 7 heteroatoms. The maximum atomic E-state index is 13.0. The molecule has 0 unspecified atom stereocenters. The van der Waals surface area contributed by atoms with Crippen LogP contribution in [0.3, 0.4) is 0 Å². The summed E-state index contributed by atoms with van der Waals surface area (Å²) in [6, 6.07) is 9.04. The molecule has 2 aliphatic rings. The number of carbonyl (C=O) groups excluding carboxylic acids is 1. The van der Waals surface area contributed by atoms with E-state index in [1.54, 1.807) is 29.5 Å². The number of nitrogens with one attached hydrogen (secondary N) is 2. The third-order valence-corrected chi connectivity index (χ3v) is 7.95. The van der Waals surface area contributed by atoms with Crippen molar-refractivity contribution in [1.82, 2.24) is 5.32 Å². The standard InChI is InChI=1S/C24H24Cl2N2O2S/c1-24(2,3)13-4-5-16-19(10-13)31-23-20(16)22(29)27-21(28-23)18-7-6-17(30-18)12-8-14(25)11-15(26)9-12/h6-9,11,13,21,28H,4-5,10H2,1-3H3,(H,27,29)/t13-,21+/m0/s1. The maximum Gasteiger partial charge on any atom is 0.256 e. The van der Waals surface area contributed by atoms with Gasteiger partial charge in [0.15, 0.2) is 6.17 Å². The molecule has 0 fully saturated rings. The minimum Gasteiger partial charge on any atom is -0.457 e. The van der Waals surface area contributed by atoms with Gasteiger partial charge in [-0.1, -0.05) is 44.0 Å². The van der Waals surface area contributed by atoms with Gasteiger partial charge in [-0.15, -0.1) is 11.3 Å². The molecule has 31 heavy (non-hydrogen) atoms. The number of amides is 1. The summed E-state index contributed by atoms with van der Waals surface area (Å²) in [4.78, 5) is 14.4. The molecule has 0 radical (unpaired) electrons. The van der Waals surface area contributed by atoms with Crippen molar-refractivity contribution in [1.29, 1.82) is 0 Å². The topological polar surface area (TPSA) is 54.3 Å². The van der Waals surface area contributed by atoms with Gasteiger partial charge in [-0.25, -0.2) is 0 Å². The number of thiophene rings is 1. The number of furan rings is 1. The molecule has 3 heterocycles. The molecule has 0 spiro atoms. The first-order valence-electron chi connectivity index (χ1n) is 10.5. The lowest BCUT2D eigenvalue weighted by Crippen LogP contribution is -2.38. The predicted molar refractivity (Wildman–Crippen MR) is 127 cm³/mol. The number of carbonyl (C=O) groups is 1. The minimum atomic E-state index is -0.415. The van der Waals surface area contributed by atoms with Gasteiger partial charge in [-0.2, -0.15) is 0 Å². The van der Waals surface area contributed by atoms with Gasteiger partial charge in [0.25, 0.3) is 5.91 Å². The van der Waals surface area contributed by atoms with Crippen LogP contribution in [-0.4, -0.2) is 5.91 Å². The summed E-state index contributed by atoms with van der Waals surface area (Å²) in [7, 11) is 0. The second kappa shape index (κ2) is 7.58. The molecule has 0 saturated heterocycles. The van der Waals surface area contributed by atoms with Crippen molar-refractivity contribution in [2.45, 2.75) is 46.2 Å². The van der Waals surface area contributed by atoms with E-state index in [0.717, 1.165) is 35.4 Å². The number of hydrogen-bond acceptors (Lipinski definition) is 4. The summed E-state index contributed by atoms with van der Waals surface area (Å²) in [6.45, 7) is 6.91. The molecule has 2 atom stereocenters. The highest BCUT2D eigenvalue weighted by Gasteiger charge is 2.37. The van der Waals surface area contributed by atoms with Gasteiger partial charge >= 0.3 is 0 Å². The zero-order chi connectivity index (χ0) is 21.9. The highest BCUT2D eigenvalue weighted by Crippen LogP contribution is 2.46. The van der Waals surface area contributed by atoms with E-state index in [0.29, 0.717) is 27.5 Å². The van der Waals surface area contributed by atoms with Gasteiger partial charge in [0, 0.05) is 20.5 Å². The van der Waals surface area contributed by atoms with Gasteiger partial charge in [0.1, 0.15) is 16.5 Å². The Labute approximate surface area is 195 Å². The summed E-state index contributed by atoms with van der Waals surface area (Å²) in [6.07, 6.45) is 2.71.